The molecule has 0 aromatic heterocycles. The number of unbranched alkanes of at least 4 members (excludes halogenated alkanes) is 32. The lowest BCUT2D eigenvalue weighted by atomic mass is 9.99. The Labute approximate surface area is 397 Å². The van der Waals surface area contributed by atoms with E-state index in [1.807, 2.05) is 6.08 Å². The average Bonchev–Trinajstić information content (AvgIpc) is 3.28. The van der Waals surface area contributed by atoms with Gasteiger partial charge in [0.2, 0.25) is 5.91 Å². The molecule has 12 nitrogen and oxygen atoms in total. The van der Waals surface area contributed by atoms with Crippen LogP contribution >= 0.6 is 0 Å². The zero-order chi connectivity index (χ0) is 47.6. The summed E-state index contributed by atoms with van der Waals surface area (Å²) in [7, 11) is -5.09. The van der Waals surface area contributed by atoms with Gasteiger partial charge in [0.05, 0.1) is 25.4 Å². The van der Waals surface area contributed by atoms with Crippen LogP contribution in [0.25, 0.3) is 0 Å². The average molecular weight is 946 g/mol. The third-order valence-electron chi connectivity index (χ3n) is 12.7. The standard InChI is InChI=1S/C52H99NO11S/c1-3-5-7-9-11-13-15-17-19-21-23-24-26-28-30-32-34-36-38-40-42-48(56)53-45(44-62-52-50(58)51(64-65(59,60)61)49(57)47(43-54)63-52)46(55)41-39-37-35-33-31-29-27-25-22-20-18-16-14-12-10-8-6-4-2/h23-24,39,41,45-47,49-52,54-55,57-58H,3-22,25-38,40,42-44H2,1-2H3,(H,53,56)(H,59,60,61)/b24-23-,41-39+. The summed E-state index contributed by atoms with van der Waals surface area (Å²) < 4.78 is 47.7. The van der Waals surface area contributed by atoms with Crippen LogP contribution in [0.5, 0.6) is 0 Å². The molecule has 7 unspecified atom stereocenters. The van der Waals surface area contributed by atoms with E-state index in [4.69, 9.17) is 9.47 Å². The maximum absolute atomic E-state index is 13.1. The summed E-state index contributed by atoms with van der Waals surface area (Å²) in [5.41, 5.74) is 0. The first-order chi connectivity index (χ1) is 31.5. The van der Waals surface area contributed by atoms with Gasteiger partial charge in [0, 0.05) is 6.42 Å². The van der Waals surface area contributed by atoms with Crippen molar-refractivity contribution in [1.29, 1.82) is 0 Å². The van der Waals surface area contributed by atoms with Gasteiger partial charge in [-0.05, 0) is 44.9 Å². The Kier molecular flexibility index (Phi) is 40.4. The molecule has 1 rings (SSSR count). The van der Waals surface area contributed by atoms with Crippen molar-refractivity contribution in [2.24, 2.45) is 0 Å². The molecule has 6 N–H and O–H groups in total. The van der Waals surface area contributed by atoms with Crippen LogP contribution in [-0.2, 0) is 28.9 Å². The number of carbonyl (C=O) groups is 1. The van der Waals surface area contributed by atoms with Gasteiger partial charge in [-0.2, -0.15) is 8.42 Å². The maximum Gasteiger partial charge on any atom is 0.397 e. The molecule has 1 heterocycles. The molecule has 1 aliphatic rings. The molecular weight excluding hydrogens is 847 g/mol. The smallest absolute Gasteiger partial charge is 0.394 e. The second kappa shape index (κ2) is 42.7. The van der Waals surface area contributed by atoms with E-state index in [-0.39, 0.29) is 18.9 Å². The monoisotopic (exact) mass is 946 g/mol. The highest BCUT2D eigenvalue weighted by Crippen LogP contribution is 2.26. The highest BCUT2D eigenvalue weighted by atomic mass is 32.3. The number of carbonyl (C=O) groups excluding carboxylic acids is 1. The quantitative estimate of drug-likeness (QED) is 0.0193. The fourth-order valence-corrected chi connectivity index (χ4v) is 9.08. The molecule has 0 aromatic rings. The Balaban J connectivity index is 2.44. The predicted octanol–water partition coefficient (Wildman–Crippen LogP) is 11.7. The Morgan fingerprint density at radius 2 is 0.985 bits per heavy atom. The van der Waals surface area contributed by atoms with Gasteiger partial charge in [-0.1, -0.05) is 218 Å². The second-order valence-corrected chi connectivity index (χ2v) is 19.9. The number of nitrogens with one attached hydrogen (secondary N) is 1. The van der Waals surface area contributed by atoms with Crippen LogP contribution in [0.1, 0.15) is 245 Å². The predicted molar refractivity (Wildman–Crippen MR) is 264 cm³/mol. The SMILES string of the molecule is CCCCCCCCCCC/C=C\CCCCCCCCCC(=O)NC(COC1OC(CO)C(O)C(OS(=O)(=O)O)C1O)C(O)/C=C/CCCCCCCCCCCCCCCCCC. The van der Waals surface area contributed by atoms with Gasteiger partial charge in [-0.3, -0.25) is 9.35 Å². The van der Waals surface area contributed by atoms with Crippen molar-refractivity contribution in [3.8, 4) is 0 Å². The van der Waals surface area contributed by atoms with E-state index in [1.54, 1.807) is 6.08 Å². The molecule has 7 atom stereocenters. The van der Waals surface area contributed by atoms with Gasteiger partial charge in [0.15, 0.2) is 6.29 Å². The minimum atomic E-state index is -5.09. The molecule has 1 amide bonds. The Bertz CT molecular complexity index is 1250. The Morgan fingerprint density at radius 3 is 1.38 bits per heavy atom. The van der Waals surface area contributed by atoms with E-state index in [0.29, 0.717) is 6.42 Å². The summed E-state index contributed by atoms with van der Waals surface area (Å²) in [4.78, 5) is 13.1. The zero-order valence-corrected chi connectivity index (χ0v) is 42.1. The minimum Gasteiger partial charge on any atom is -0.394 e. The molecule has 13 heteroatoms. The number of hydrogen-bond donors (Lipinski definition) is 6. The van der Waals surface area contributed by atoms with Gasteiger partial charge in [0.25, 0.3) is 0 Å². The molecule has 0 aromatic carbocycles. The van der Waals surface area contributed by atoms with E-state index >= 15 is 0 Å². The van der Waals surface area contributed by atoms with Crippen molar-refractivity contribution in [2.45, 2.75) is 288 Å². The molecule has 0 spiro atoms. The van der Waals surface area contributed by atoms with E-state index in [1.165, 1.54) is 173 Å². The number of amides is 1. The van der Waals surface area contributed by atoms with Crippen LogP contribution in [0.4, 0.5) is 0 Å². The molecule has 0 aliphatic carbocycles. The van der Waals surface area contributed by atoms with Gasteiger partial charge in [-0.25, -0.2) is 4.18 Å². The van der Waals surface area contributed by atoms with E-state index in [2.05, 4.69) is 35.5 Å². The molecule has 1 saturated heterocycles. The van der Waals surface area contributed by atoms with Crippen LogP contribution < -0.4 is 5.32 Å². The number of aliphatic hydroxyl groups excluding tert-OH is 4. The van der Waals surface area contributed by atoms with Crippen molar-refractivity contribution < 1.29 is 51.8 Å². The first-order valence-corrected chi connectivity index (χ1v) is 28.1. The van der Waals surface area contributed by atoms with Gasteiger partial charge in [0.1, 0.15) is 24.4 Å². The summed E-state index contributed by atoms with van der Waals surface area (Å²) in [6, 6.07) is -0.945. The second-order valence-electron chi connectivity index (χ2n) is 18.8. The van der Waals surface area contributed by atoms with Gasteiger partial charge in [-0.15, -0.1) is 0 Å². The van der Waals surface area contributed by atoms with Crippen LogP contribution in [0, 0.1) is 0 Å². The van der Waals surface area contributed by atoms with Gasteiger partial charge >= 0.3 is 10.4 Å². The van der Waals surface area contributed by atoms with E-state index in [9.17, 15) is 38.2 Å². The fourth-order valence-electron chi connectivity index (χ4n) is 8.57. The van der Waals surface area contributed by atoms with Crippen molar-refractivity contribution >= 4 is 16.3 Å². The maximum atomic E-state index is 13.1. The number of hydrogen-bond acceptors (Lipinski definition) is 10. The number of allylic oxidation sites excluding steroid dienone is 3. The molecule has 65 heavy (non-hydrogen) atoms. The van der Waals surface area contributed by atoms with Crippen molar-refractivity contribution in [3.05, 3.63) is 24.3 Å². The molecule has 384 valence electrons. The Morgan fingerprint density at radius 1 is 0.600 bits per heavy atom. The normalized spacial score (nSPS) is 20.3. The highest BCUT2D eigenvalue weighted by molar-refractivity contribution is 7.80. The summed E-state index contributed by atoms with van der Waals surface area (Å²) in [5, 5.41) is 44.9. The molecule has 0 saturated carbocycles. The minimum absolute atomic E-state index is 0.264. The Hall–Kier alpha value is -1.42. The van der Waals surface area contributed by atoms with Crippen LogP contribution in [0.3, 0.4) is 0 Å². The van der Waals surface area contributed by atoms with Crippen LogP contribution in [-0.4, -0.2) is 95.4 Å². The third-order valence-corrected chi connectivity index (χ3v) is 13.2. The van der Waals surface area contributed by atoms with Gasteiger partial charge < -0.3 is 35.2 Å². The van der Waals surface area contributed by atoms with Crippen LogP contribution in [0.2, 0.25) is 0 Å². The van der Waals surface area contributed by atoms with Crippen molar-refractivity contribution in [2.75, 3.05) is 13.2 Å². The van der Waals surface area contributed by atoms with Crippen LogP contribution in [0.15, 0.2) is 24.3 Å². The van der Waals surface area contributed by atoms with E-state index in [0.717, 1.165) is 44.9 Å². The number of aliphatic hydroxyl groups is 4. The molecule has 1 aliphatic heterocycles. The third kappa shape index (κ3) is 35.4. The summed E-state index contributed by atoms with van der Waals surface area (Å²) in [6.45, 7) is 3.41. The van der Waals surface area contributed by atoms with Crippen molar-refractivity contribution in [1.82, 2.24) is 5.32 Å². The zero-order valence-electron chi connectivity index (χ0n) is 41.3. The van der Waals surface area contributed by atoms with E-state index < -0.39 is 59.9 Å². The first kappa shape index (κ1) is 61.6. The lowest BCUT2D eigenvalue weighted by Crippen LogP contribution is -2.61. The molecule has 0 bridgehead atoms. The summed E-state index contributed by atoms with van der Waals surface area (Å²) in [5.74, 6) is -0.264. The summed E-state index contributed by atoms with van der Waals surface area (Å²) in [6.07, 6.45) is 42.1. The molecular formula is C52H99NO11S. The lowest BCUT2D eigenvalue weighted by molar-refractivity contribution is -0.298. The molecule has 0 radical (unpaired) electrons. The fraction of sp³-hybridized carbons (Fsp3) is 0.904. The number of ether oxygens (including phenoxy) is 2. The largest absolute Gasteiger partial charge is 0.397 e. The topological polar surface area (TPSA) is 192 Å². The molecule has 1 fully saturated rings. The van der Waals surface area contributed by atoms with Crippen molar-refractivity contribution in [3.63, 3.8) is 0 Å². The first-order valence-electron chi connectivity index (χ1n) is 26.7. The lowest BCUT2D eigenvalue weighted by Gasteiger charge is -2.41. The number of rotatable bonds is 46. The highest BCUT2D eigenvalue weighted by Gasteiger charge is 2.48. The summed E-state index contributed by atoms with van der Waals surface area (Å²) >= 11 is 0.